The number of nitrogens with zero attached hydrogens (tertiary/aromatic N) is 1. The highest BCUT2D eigenvalue weighted by atomic mass is 16.3. The number of furan rings is 1. The first-order chi connectivity index (χ1) is 10.8. The number of anilines is 2. The van der Waals surface area contributed by atoms with Gasteiger partial charge in [0.1, 0.15) is 5.76 Å². The summed E-state index contributed by atoms with van der Waals surface area (Å²) in [6.45, 7) is 2.27. The molecule has 116 valence electrons. The molecule has 1 aromatic carbocycles. The predicted molar refractivity (Wildman–Crippen MR) is 88.2 cm³/mol. The molecule has 2 heterocycles. The number of nitrogens with one attached hydrogen (secondary N) is 1. The van der Waals surface area contributed by atoms with Crippen molar-refractivity contribution in [1.29, 1.82) is 0 Å². The minimum Gasteiger partial charge on any atom is -0.469 e. The zero-order valence-electron chi connectivity index (χ0n) is 12.8. The Morgan fingerprint density at radius 2 is 1.86 bits per heavy atom. The van der Waals surface area contributed by atoms with Crippen LogP contribution in [0.3, 0.4) is 0 Å². The number of hydrogen-bond donors (Lipinski definition) is 1. The van der Waals surface area contributed by atoms with Gasteiger partial charge in [0.05, 0.1) is 6.26 Å². The fourth-order valence-corrected chi connectivity index (χ4v) is 2.82. The van der Waals surface area contributed by atoms with E-state index in [1.165, 1.54) is 24.9 Å². The van der Waals surface area contributed by atoms with Crippen molar-refractivity contribution in [3.05, 3.63) is 48.4 Å². The van der Waals surface area contributed by atoms with Crippen molar-refractivity contribution < 1.29 is 9.21 Å². The largest absolute Gasteiger partial charge is 0.469 e. The molecule has 1 aromatic heterocycles. The molecule has 0 radical (unpaired) electrons. The summed E-state index contributed by atoms with van der Waals surface area (Å²) in [4.78, 5) is 14.3. The Morgan fingerprint density at radius 1 is 1.09 bits per heavy atom. The SMILES string of the molecule is O=C(CCc1ccco1)Nc1ccc(N2CCCCC2)cc1. The number of aryl methyl sites for hydroxylation is 1. The Morgan fingerprint density at radius 3 is 2.55 bits per heavy atom. The van der Waals surface area contributed by atoms with Crippen LogP contribution >= 0.6 is 0 Å². The number of carbonyl (C=O) groups is 1. The van der Waals surface area contributed by atoms with Gasteiger partial charge in [-0.3, -0.25) is 4.79 Å². The molecule has 1 fully saturated rings. The molecule has 1 amide bonds. The molecular formula is C18H22N2O2. The monoisotopic (exact) mass is 298 g/mol. The van der Waals surface area contributed by atoms with E-state index in [4.69, 9.17) is 4.42 Å². The van der Waals surface area contributed by atoms with Crippen LogP contribution in [0.25, 0.3) is 0 Å². The van der Waals surface area contributed by atoms with E-state index >= 15 is 0 Å². The Bertz CT molecular complexity index is 584. The van der Waals surface area contributed by atoms with Gasteiger partial charge in [-0.2, -0.15) is 0 Å². The Kier molecular flexibility index (Phi) is 4.78. The summed E-state index contributed by atoms with van der Waals surface area (Å²) < 4.78 is 5.23. The van der Waals surface area contributed by atoms with E-state index in [-0.39, 0.29) is 5.91 Å². The van der Waals surface area contributed by atoms with Crippen molar-refractivity contribution >= 4 is 17.3 Å². The van der Waals surface area contributed by atoms with E-state index in [1.807, 2.05) is 24.3 Å². The van der Waals surface area contributed by atoms with Crippen LogP contribution in [0.2, 0.25) is 0 Å². The van der Waals surface area contributed by atoms with Crippen molar-refractivity contribution in [2.75, 3.05) is 23.3 Å². The molecule has 22 heavy (non-hydrogen) atoms. The van der Waals surface area contributed by atoms with Gasteiger partial charge in [0, 0.05) is 37.3 Å². The molecule has 1 N–H and O–H groups in total. The molecule has 0 atom stereocenters. The minimum atomic E-state index is 0.0159. The number of piperidine rings is 1. The van der Waals surface area contributed by atoms with Crippen LogP contribution in [-0.4, -0.2) is 19.0 Å². The molecule has 4 heteroatoms. The third-order valence-electron chi connectivity index (χ3n) is 4.05. The van der Waals surface area contributed by atoms with Crippen molar-refractivity contribution in [2.45, 2.75) is 32.1 Å². The molecular weight excluding hydrogens is 276 g/mol. The quantitative estimate of drug-likeness (QED) is 0.912. The molecule has 1 saturated heterocycles. The number of carbonyl (C=O) groups excluding carboxylic acids is 1. The molecule has 1 aliphatic rings. The second kappa shape index (κ2) is 7.16. The van der Waals surface area contributed by atoms with Gasteiger partial charge in [-0.15, -0.1) is 0 Å². The summed E-state index contributed by atoms with van der Waals surface area (Å²) in [7, 11) is 0. The molecule has 0 aliphatic carbocycles. The third-order valence-corrected chi connectivity index (χ3v) is 4.05. The Labute approximate surface area is 131 Å². The second-order valence-corrected chi connectivity index (χ2v) is 5.72. The molecule has 3 rings (SSSR count). The van der Waals surface area contributed by atoms with Crippen LogP contribution in [-0.2, 0) is 11.2 Å². The summed E-state index contributed by atoms with van der Waals surface area (Å²) in [5.41, 5.74) is 2.10. The summed E-state index contributed by atoms with van der Waals surface area (Å²) in [6.07, 6.45) is 6.56. The van der Waals surface area contributed by atoms with Crippen molar-refractivity contribution in [2.24, 2.45) is 0 Å². The molecule has 4 nitrogen and oxygen atoms in total. The normalized spacial score (nSPS) is 14.8. The van der Waals surface area contributed by atoms with Gasteiger partial charge in [0.25, 0.3) is 0 Å². The maximum Gasteiger partial charge on any atom is 0.224 e. The van der Waals surface area contributed by atoms with E-state index in [9.17, 15) is 4.79 Å². The maximum atomic E-state index is 11.9. The standard InChI is InChI=1S/C18H22N2O2/c21-18(11-10-17-5-4-14-22-17)19-15-6-8-16(9-7-15)20-12-2-1-3-13-20/h4-9,14H,1-3,10-13H2,(H,19,21). The zero-order chi connectivity index (χ0) is 15.2. The van der Waals surface area contributed by atoms with Gasteiger partial charge >= 0.3 is 0 Å². The van der Waals surface area contributed by atoms with Gasteiger partial charge in [-0.1, -0.05) is 0 Å². The van der Waals surface area contributed by atoms with E-state index < -0.39 is 0 Å². The Balaban J connectivity index is 1.50. The van der Waals surface area contributed by atoms with Gasteiger partial charge in [0.15, 0.2) is 0 Å². The second-order valence-electron chi connectivity index (χ2n) is 5.72. The highest BCUT2D eigenvalue weighted by Crippen LogP contribution is 2.21. The van der Waals surface area contributed by atoms with Crippen LogP contribution in [0.15, 0.2) is 47.1 Å². The number of benzene rings is 1. The third kappa shape index (κ3) is 3.91. The van der Waals surface area contributed by atoms with Crippen LogP contribution in [0.1, 0.15) is 31.4 Å². The zero-order valence-corrected chi connectivity index (χ0v) is 12.8. The molecule has 0 unspecified atom stereocenters. The van der Waals surface area contributed by atoms with Crippen LogP contribution < -0.4 is 10.2 Å². The van der Waals surface area contributed by atoms with Gasteiger partial charge < -0.3 is 14.6 Å². The van der Waals surface area contributed by atoms with Crippen molar-refractivity contribution in [1.82, 2.24) is 0 Å². The minimum absolute atomic E-state index is 0.0159. The lowest BCUT2D eigenvalue weighted by Gasteiger charge is -2.28. The van der Waals surface area contributed by atoms with Gasteiger partial charge in [0.2, 0.25) is 5.91 Å². The number of amides is 1. The number of rotatable bonds is 5. The summed E-state index contributed by atoms with van der Waals surface area (Å²) >= 11 is 0. The number of hydrogen-bond acceptors (Lipinski definition) is 3. The summed E-state index contributed by atoms with van der Waals surface area (Å²) in [6, 6.07) is 11.9. The molecule has 2 aromatic rings. The first-order valence-corrected chi connectivity index (χ1v) is 7.98. The lowest BCUT2D eigenvalue weighted by atomic mass is 10.1. The fraction of sp³-hybridized carbons (Fsp3) is 0.389. The molecule has 1 aliphatic heterocycles. The highest BCUT2D eigenvalue weighted by molar-refractivity contribution is 5.90. The Hall–Kier alpha value is -2.23. The smallest absolute Gasteiger partial charge is 0.224 e. The first-order valence-electron chi connectivity index (χ1n) is 7.98. The molecule has 0 bridgehead atoms. The van der Waals surface area contributed by atoms with Crippen LogP contribution in [0.4, 0.5) is 11.4 Å². The topological polar surface area (TPSA) is 45.5 Å². The van der Waals surface area contributed by atoms with Crippen LogP contribution in [0, 0.1) is 0 Å². The lowest BCUT2D eigenvalue weighted by Crippen LogP contribution is -2.29. The highest BCUT2D eigenvalue weighted by Gasteiger charge is 2.11. The maximum absolute atomic E-state index is 11.9. The van der Waals surface area contributed by atoms with Gasteiger partial charge in [-0.05, 0) is 55.7 Å². The molecule has 0 saturated carbocycles. The lowest BCUT2D eigenvalue weighted by molar-refractivity contribution is -0.116. The van der Waals surface area contributed by atoms with Gasteiger partial charge in [-0.25, -0.2) is 0 Å². The van der Waals surface area contributed by atoms with Crippen molar-refractivity contribution in [3.8, 4) is 0 Å². The average molecular weight is 298 g/mol. The van der Waals surface area contributed by atoms with E-state index in [2.05, 4.69) is 22.3 Å². The molecule has 0 spiro atoms. The van der Waals surface area contributed by atoms with E-state index in [1.54, 1.807) is 6.26 Å². The van der Waals surface area contributed by atoms with Crippen LogP contribution in [0.5, 0.6) is 0 Å². The summed E-state index contributed by atoms with van der Waals surface area (Å²) in [5.74, 6) is 0.859. The van der Waals surface area contributed by atoms with E-state index in [0.717, 1.165) is 24.5 Å². The predicted octanol–water partition coefficient (Wildman–Crippen LogP) is 3.84. The summed E-state index contributed by atoms with van der Waals surface area (Å²) in [5, 5.41) is 2.94. The average Bonchev–Trinajstić information content (AvgIpc) is 3.08. The first kappa shape index (κ1) is 14.7. The fourth-order valence-electron chi connectivity index (χ4n) is 2.82. The van der Waals surface area contributed by atoms with Crippen molar-refractivity contribution in [3.63, 3.8) is 0 Å². The van der Waals surface area contributed by atoms with E-state index in [0.29, 0.717) is 12.8 Å².